The summed E-state index contributed by atoms with van der Waals surface area (Å²) in [5.41, 5.74) is 2.55. The molecule has 1 saturated heterocycles. The van der Waals surface area contributed by atoms with Gasteiger partial charge in [-0.3, -0.25) is 0 Å². The zero-order valence-electron chi connectivity index (χ0n) is 10.4. The van der Waals surface area contributed by atoms with E-state index in [-0.39, 0.29) is 11.0 Å². The molecule has 102 valence electrons. The second-order valence-corrected chi connectivity index (χ2v) is 3.96. The fraction of sp³-hybridized carbons (Fsp3) is 0.250. The van der Waals surface area contributed by atoms with E-state index in [0.717, 1.165) is 26.4 Å². The molecule has 2 aromatic carbocycles. The number of ether oxygens (including phenoxy) is 2. The highest BCUT2D eigenvalue weighted by Crippen LogP contribution is 2.17. The zero-order valence-corrected chi connectivity index (χ0v) is 10.4. The number of rotatable bonds is 1. The van der Waals surface area contributed by atoms with E-state index in [9.17, 15) is 0 Å². The van der Waals surface area contributed by atoms with Crippen molar-refractivity contribution in [2.45, 2.75) is 0 Å². The molecule has 0 N–H and O–H groups in total. The zero-order chi connectivity index (χ0) is 12.5. The third kappa shape index (κ3) is 5.83. The minimum atomic E-state index is 0. The lowest BCUT2D eigenvalue weighted by Gasteiger charge is -2.09. The Balaban J connectivity index is 0.000000220. The van der Waals surface area contributed by atoms with Crippen LogP contribution in [-0.2, 0) is 9.47 Å². The molecule has 1 heterocycles. The normalized spacial score (nSPS) is 13.7. The van der Waals surface area contributed by atoms with Gasteiger partial charge in [0.25, 0.3) is 0 Å². The van der Waals surface area contributed by atoms with Crippen LogP contribution in [0.5, 0.6) is 0 Å². The molecule has 0 aliphatic carbocycles. The van der Waals surface area contributed by atoms with Gasteiger partial charge in [-0.25, -0.2) is 0 Å². The van der Waals surface area contributed by atoms with Crippen LogP contribution in [0, 0.1) is 0 Å². The summed E-state index contributed by atoms with van der Waals surface area (Å²) in [6.45, 7) is 3.11. The van der Waals surface area contributed by atoms with E-state index >= 15 is 0 Å². The highest BCUT2D eigenvalue weighted by molar-refractivity contribution is 5.75. The fourth-order valence-electron chi connectivity index (χ4n) is 1.70. The molecule has 1 fully saturated rings. The van der Waals surface area contributed by atoms with Crippen molar-refractivity contribution in [2.24, 2.45) is 0 Å². The second-order valence-electron chi connectivity index (χ2n) is 3.96. The van der Waals surface area contributed by atoms with E-state index in [1.165, 1.54) is 11.1 Å². The van der Waals surface area contributed by atoms with Crippen molar-refractivity contribution in [3.05, 3.63) is 60.7 Å². The van der Waals surface area contributed by atoms with E-state index in [1.807, 2.05) is 12.1 Å². The van der Waals surface area contributed by atoms with Crippen LogP contribution in [0.2, 0.25) is 0 Å². The maximum atomic E-state index is 4.94. The van der Waals surface area contributed by atoms with Crippen LogP contribution >= 0.6 is 0 Å². The molecule has 0 radical (unpaired) electrons. The van der Waals surface area contributed by atoms with Gasteiger partial charge in [-0.05, 0) is 22.1 Å². The number of benzene rings is 2. The smallest absolute Gasteiger partial charge is 0.0701 e. The lowest BCUT2D eigenvalue weighted by Crippen LogP contribution is -2.16. The molecule has 0 spiro atoms. The van der Waals surface area contributed by atoms with Crippen LogP contribution in [-0.4, -0.2) is 37.4 Å². The Morgan fingerprint density at radius 3 is 1.11 bits per heavy atom. The van der Waals surface area contributed by atoms with Gasteiger partial charge in [-0.15, -0.1) is 0 Å². The summed E-state index contributed by atoms with van der Waals surface area (Å²) >= 11 is 0. The third-order valence-corrected chi connectivity index (χ3v) is 2.62. The number of hydrogen-bond donors (Lipinski definition) is 0. The molecule has 1 aliphatic heterocycles. The molecule has 2 nitrogen and oxygen atoms in total. The predicted octanol–water partition coefficient (Wildman–Crippen LogP) is 1.94. The summed E-state index contributed by atoms with van der Waals surface area (Å²) in [6.07, 6.45) is 0. The fourth-order valence-corrected chi connectivity index (χ4v) is 1.70. The van der Waals surface area contributed by atoms with Crippen molar-refractivity contribution in [3.8, 4) is 11.1 Å². The summed E-state index contributed by atoms with van der Waals surface area (Å²) in [5, 5.41) is 0. The van der Waals surface area contributed by atoms with Crippen LogP contribution in [0.3, 0.4) is 0 Å². The molecule has 3 rings (SSSR count). The van der Waals surface area contributed by atoms with E-state index in [0.29, 0.717) is 0 Å². The highest BCUT2D eigenvalue weighted by Gasteiger charge is 1.94. The predicted molar refractivity (Wildman–Crippen MR) is 84.9 cm³/mol. The van der Waals surface area contributed by atoms with Gasteiger partial charge >= 0.3 is 0 Å². The largest absolute Gasteiger partial charge is 0.377 e. The summed E-state index contributed by atoms with van der Waals surface area (Å²) < 4.78 is 9.89. The first-order valence-electron chi connectivity index (χ1n) is 6.23. The Morgan fingerprint density at radius 2 is 0.842 bits per heavy atom. The summed E-state index contributed by atoms with van der Waals surface area (Å²) in [7, 11) is 0. The van der Waals surface area contributed by atoms with Crippen molar-refractivity contribution < 1.29 is 9.47 Å². The van der Waals surface area contributed by atoms with Gasteiger partial charge in [-0.1, -0.05) is 60.7 Å². The quantitative estimate of drug-likeness (QED) is 0.740. The molecule has 0 amide bonds. The van der Waals surface area contributed by atoms with Crippen LogP contribution in [0.15, 0.2) is 60.7 Å². The van der Waals surface area contributed by atoms with Gasteiger partial charge in [0.15, 0.2) is 0 Å². The molecule has 0 aromatic heterocycles. The molecule has 0 bridgehead atoms. The van der Waals surface area contributed by atoms with Crippen molar-refractivity contribution in [1.29, 1.82) is 0 Å². The van der Waals surface area contributed by atoms with Crippen LogP contribution < -0.4 is 0 Å². The van der Waals surface area contributed by atoms with Crippen molar-refractivity contribution in [3.63, 3.8) is 0 Å². The van der Waals surface area contributed by atoms with E-state index in [1.54, 1.807) is 0 Å². The van der Waals surface area contributed by atoms with Crippen LogP contribution in [0.4, 0.5) is 0 Å². The molecule has 3 heteroatoms. The molecule has 2 aromatic rings. The van der Waals surface area contributed by atoms with Gasteiger partial charge in [0.1, 0.15) is 0 Å². The van der Waals surface area contributed by atoms with Crippen molar-refractivity contribution in [1.82, 2.24) is 0 Å². The highest BCUT2D eigenvalue weighted by atomic mass is 28.1. The monoisotopic (exact) mass is 274 g/mol. The summed E-state index contributed by atoms with van der Waals surface area (Å²) in [4.78, 5) is 0. The Kier molecular flexibility index (Phi) is 7.82. The molecular formula is C16H22O2Si. The Hall–Kier alpha value is -1.42. The third-order valence-electron chi connectivity index (χ3n) is 2.62. The molecule has 0 saturated carbocycles. The maximum absolute atomic E-state index is 4.94. The first kappa shape index (κ1) is 15.6. The SMILES string of the molecule is C1COCCO1.[SiH4].c1ccc(-c2ccccc2)cc1. The first-order valence-corrected chi connectivity index (χ1v) is 6.23. The average molecular weight is 274 g/mol. The van der Waals surface area contributed by atoms with Crippen molar-refractivity contribution in [2.75, 3.05) is 26.4 Å². The first-order chi connectivity index (χ1) is 8.97. The Bertz CT molecular complexity index is 378. The van der Waals surface area contributed by atoms with E-state index in [4.69, 9.17) is 9.47 Å². The van der Waals surface area contributed by atoms with Gasteiger partial charge in [0.05, 0.1) is 26.4 Å². The minimum absolute atomic E-state index is 0. The second kappa shape index (κ2) is 9.50. The van der Waals surface area contributed by atoms with Gasteiger partial charge in [0, 0.05) is 0 Å². The minimum Gasteiger partial charge on any atom is -0.377 e. The molecule has 0 atom stereocenters. The topological polar surface area (TPSA) is 18.5 Å². The Morgan fingerprint density at radius 1 is 0.526 bits per heavy atom. The van der Waals surface area contributed by atoms with E-state index < -0.39 is 0 Å². The van der Waals surface area contributed by atoms with Crippen LogP contribution in [0.25, 0.3) is 11.1 Å². The molecular weight excluding hydrogens is 252 g/mol. The van der Waals surface area contributed by atoms with Gasteiger partial charge < -0.3 is 9.47 Å². The standard InChI is InChI=1S/C12H10.C4H8O2.H4Si/c1-3-7-11(8-4-1)12-9-5-2-6-10-12;1-2-6-4-3-5-1;/h1-10H;1-4H2;1H4. The summed E-state index contributed by atoms with van der Waals surface area (Å²) in [5.74, 6) is 0. The number of hydrogen-bond acceptors (Lipinski definition) is 2. The van der Waals surface area contributed by atoms with Gasteiger partial charge in [-0.2, -0.15) is 0 Å². The van der Waals surface area contributed by atoms with E-state index in [2.05, 4.69) is 48.5 Å². The summed E-state index contributed by atoms with van der Waals surface area (Å²) in [6, 6.07) is 20.8. The maximum Gasteiger partial charge on any atom is 0.0701 e. The molecule has 0 unspecified atom stereocenters. The van der Waals surface area contributed by atoms with Gasteiger partial charge in [0.2, 0.25) is 0 Å². The lowest BCUT2D eigenvalue weighted by molar-refractivity contribution is -0.0334. The average Bonchev–Trinajstić information content (AvgIpc) is 2.51. The lowest BCUT2D eigenvalue weighted by atomic mass is 10.1. The Labute approximate surface area is 119 Å². The van der Waals surface area contributed by atoms with Crippen molar-refractivity contribution >= 4 is 11.0 Å². The molecule has 1 aliphatic rings. The molecule has 19 heavy (non-hydrogen) atoms. The van der Waals surface area contributed by atoms with Crippen LogP contribution in [0.1, 0.15) is 0 Å².